The van der Waals surface area contributed by atoms with E-state index in [0.717, 1.165) is 38.5 Å². The summed E-state index contributed by atoms with van der Waals surface area (Å²) in [7, 11) is 0. The molecule has 0 bridgehead atoms. The number of carbonyl (C=O) groups is 2. The zero-order valence-electron chi connectivity index (χ0n) is 46.8. The summed E-state index contributed by atoms with van der Waals surface area (Å²) < 4.78 is 5.49. The first-order chi connectivity index (χ1) is 34.0. The lowest BCUT2D eigenvalue weighted by molar-refractivity contribution is -0.143. The van der Waals surface area contributed by atoms with Crippen molar-refractivity contribution in [2.24, 2.45) is 0 Å². The van der Waals surface area contributed by atoms with E-state index in [-0.39, 0.29) is 18.5 Å². The van der Waals surface area contributed by atoms with Gasteiger partial charge in [-0.25, -0.2) is 0 Å². The van der Waals surface area contributed by atoms with Crippen LogP contribution in [0.1, 0.15) is 354 Å². The van der Waals surface area contributed by atoms with Crippen molar-refractivity contribution in [3.05, 3.63) is 12.2 Å². The molecular formula is C63H123NO5. The van der Waals surface area contributed by atoms with E-state index in [9.17, 15) is 19.8 Å². The Labute approximate surface area is 431 Å². The van der Waals surface area contributed by atoms with Crippen molar-refractivity contribution in [1.82, 2.24) is 5.32 Å². The van der Waals surface area contributed by atoms with Crippen molar-refractivity contribution in [2.45, 2.75) is 366 Å². The van der Waals surface area contributed by atoms with E-state index in [2.05, 4.69) is 19.2 Å². The number of aliphatic hydroxyl groups excluding tert-OH is 2. The normalized spacial score (nSPS) is 12.6. The zero-order chi connectivity index (χ0) is 50.0. The molecule has 1 amide bonds. The first kappa shape index (κ1) is 67.6. The maximum atomic E-state index is 12.5. The first-order valence-corrected chi connectivity index (χ1v) is 31.5. The van der Waals surface area contributed by atoms with Gasteiger partial charge in [0.05, 0.1) is 25.4 Å². The van der Waals surface area contributed by atoms with Gasteiger partial charge in [-0.05, 0) is 32.1 Å². The Bertz CT molecular complexity index is 1030. The number of esters is 1. The number of aliphatic hydroxyl groups is 2. The molecule has 0 saturated carbocycles. The van der Waals surface area contributed by atoms with Crippen molar-refractivity contribution in [2.75, 3.05) is 13.2 Å². The molecule has 0 fully saturated rings. The van der Waals surface area contributed by atoms with Crippen LogP contribution in [0.3, 0.4) is 0 Å². The Balaban J connectivity index is 3.40. The Morgan fingerprint density at radius 2 is 0.667 bits per heavy atom. The monoisotopic (exact) mass is 974 g/mol. The third-order valence-corrected chi connectivity index (χ3v) is 14.8. The lowest BCUT2D eigenvalue weighted by Gasteiger charge is -2.20. The number of allylic oxidation sites excluding steroid dienone is 1. The van der Waals surface area contributed by atoms with Gasteiger partial charge in [-0.15, -0.1) is 0 Å². The minimum Gasteiger partial charge on any atom is -0.466 e. The molecule has 2 unspecified atom stereocenters. The van der Waals surface area contributed by atoms with Gasteiger partial charge < -0.3 is 20.3 Å². The predicted octanol–water partition coefficient (Wildman–Crippen LogP) is 19.6. The van der Waals surface area contributed by atoms with E-state index in [4.69, 9.17) is 4.74 Å². The van der Waals surface area contributed by atoms with Crippen LogP contribution in [0, 0.1) is 0 Å². The summed E-state index contributed by atoms with van der Waals surface area (Å²) in [5.41, 5.74) is 0. The van der Waals surface area contributed by atoms with Gasteiger partial charge in [0, 0.05) is 12.8 Å². The van der Waals surface area contributed by atoms with Crippen molar-refractivity contribution < 1.29 is 24.5 Å². The number of hydrogen-bond donors (Lipinski definition) is 3. The molecule has 6 nitrogen and oxygen atoms in total. The summed E-state index contributed by atoms with van der Waals surface area (Å²) in [6.45, 7) is 4.93. The summed E-state index contributed by atoms with van der Waals surface area (Å²) in [4.78, 5) is 24.6. The van der Waals surface area contributed by atoms with Crippen LogP contribution in [0.15, 0.2) is 12.2 Å². The minimum atomic E-state index is -0.846. The fraction of sp³-hybridized carbons (Fsp3) is 0.937. The number of hydrogen-bond acceptors (Lipinski definition) is 5. The third kappa shape index (κ3) is 55.8. The average molecular weight is 975 g/mol. The zero-order valence-corrected chi connectivity index (χ0v) is 46.8. The van der Waals surface area contributed by atoms with Gasteiger partial charge in [-0.1, -0.05) is 321 Å². The molecule has 0 heterocycles. The van der Waals surface area contributed by atoms with Crippen molar-refractivity contribution in [3.63, 3.8) is 0 Å². The summed E-state index contributed by atoms with van der Waals surface area (Å²) >= 11 is 0. The summed E-state index contributed by atoms with van der Waals surface area (Å²) in [5, 5.41) is 23.2. The van der Waals surface area contributed by atoms with Gasteiger partial charge in [-0.2, -0.15) is 0 Å². The molecule has 0 rings (SSSR count). The van der Waals surface area contributed by atoms with E-state index < -0.39 is 12.1 Å². The molecule has 0 aromatic rings. The van der Waals surface area contributed by atoms with Gasteiger partial charge in [0.15, 0.2) is 0 Å². The van der Waals surface area contributed by atoms with E-state index in [1.807, 2.05) is 6.08 Å². The smallest absolute Gasteiger partial charge is 0.305 e. The highest BCUT2D eigenvalue weighted by Crippen LogP contribution is 2.18. The van der Waals surface area contributed by atoms with Crippen LogP contribution in [0.4, 0.5) is 0 Å². The summed E-state index contributed by atoms with van der Waals surface area (Å²) in [6, 6.07) is -0.629. The van der Waals surface area contributed by atoms with Gasteiger partial charge in [0.1, 0.15) is 0 Å². The number of amides is 1. The molecule has 0 aliphatic heterocycles. The summed E-state index contributed by atoms with van der Waals surface area (Å²) in [6.07, 6.45) is 71.0. The Morgan fingerprint density at radius 1 is 0.391 bits per heavy atom. The Kier molecular flexibility index (Phi) is 58.0. The van der Waals surface area contributed by atoms with Gasteiger partial charge in [0.25, 0.3) is 0 Å². The Hall–Kier alpha value is -1.40. The maximum absolute atomic E-state index is 12.5. The lowest BCUT2D eigenvalue weighted by atomic mass is 10.0. The van der Waals surface area contributed by atoms with Crippen LogP contribution in [-0.4, -0.2) is 47.4 Å². The van der Waals surface area contributed by atoms with Crippen LogP contribution in [0.25, 0.3) is 0 Å². The van der Waals surface area contributed by atoms with Crippen LogP contribution < -0.4 is 5.32 Å². The van der Waals surface area contributed by atoms with Gasteiger partial charge in [-0.3, -0.25) is 9.59 Å². The average Bonchev–Trinajstić information content (AvgIpc) is 3.35. The van der Waals surface area contributed by atoms with Crippen molar-refractivity contribution >= 4 is 11.9 Å². The molecule has 0 aromatic carbocycles. The van der Waals surface area contributed by atoms with E-state index in [1.54, 1.807) is 6.08 Å². The van der Waals surface area contributed by atoms with Crippen LogP contribution in [0.2, 0.25) is 0 Å². The molecule has 410 valence electrons. The molecule has 3 N–H and O–H groups in total. The topological polar surface area (TPSA) is 95.9 Å². The highest BCUT2D eigenvalue weighted by molar-refractivity contribution is 5.76. The molecule has 0 aromatic heterocycles. The van der Waals surface area contributed by atoms with E-state index >= 15 is 0 Å². The number of carbonyl (C=O) groups excluding carboxylic acids is 2. The largest absolute Gasteiger partial charge is 0.466 e. The second kappa shape index (κ2) is 59.2. The maximum Gasteiger partial charge on any atom is 0.305 e. The predicted molar refractivity (Wildman–Crippen MR) is 301 cm³/mol. The summed E-state index contributed by atoms with van der Waals surface area (Å²) in [5.74, 6) is -0.0552. The van der Waals surface area contributed by atoms with Crippen LogP contribution >= 0.6 is 0 Å². The molecule has 0 saturated heterocycles. The standard InChI is InChI=1S/C63H123NO5/c1-3-5-7-9-11-13-15-17-19-24-27-31-35-39-43-47-51-55-61(66)60(59-65)64-62(67)56-52-48-44-40-36-32-28-25-22-21-23-26-30-34-38-42-46-50-54-58-69-63(68)57-53-49-45-41-37-33-29-20-18-16-14-12-10-8-6-4-2/h51,55,60-61,65-66H,3-50,52-54,56-59H2,1-2H3,(H,64,67)/b55-51+. The fourth-order valence-corrected chi connectivity index (χ4v) is 9.99. The van der Waals surface area contributed by atoms with Gasteiger partial charge in [0.2, 0.25) is 5.91 Å². The molecule has 0 radical (unpaired) electrons. The second-order valence-electron chi connectivity index (χ2n) is 21.8. The highest BCUT2D eigenvalue weighted by atomic mass is 16.5. The Morgan fingerprint density at radius 3 is 0.986 bits per heavy atom. The number of unbranched alkanes of at least 4 members (excludes halogenated alkanes) is 48. The highest BCUT2D eigenvalue weighted by Gasteiger charge is 2.18. The van der Waals surface area contributed by atoms with Crippen LogP contribution in [0.5, 0.6) is 0 Å². The minimum absolute atomic E-state index is 0.0126. The lowest BCUT2D eigenvalue weighted by Crippen LogP contribution is -2.45. The molecule has 6 heteroatoms. The molecule has 2 atom stereocenters. The molecule has 0 aliphatic rings. The number of nitrogens with one attached hydrogen (secondary N) is 1. The quantitative estimate of drug-likeness (QED) is 0.0321. The van der Waals surface area contributed by atoms with Crippen LogP contribution in [-0.2, 0) is 14.3 Å². The SMILES string of the molecule is CCCCCCCCCCCCCCCCC/C=C/C(O)C(CO)NC(=O)CCCCCCCCCCCCCCCCCCCCCOC(=O)CCCCCCCCCCCCCCCCCC. The molecular weight excluding hydrogens is 851 g/mol. The van der Waals surface area contributed by atoms with E-state index in [0.29, 0.717) is 19.4 Å². The second-order valence-corrected chi connectivity index (χ2v) is 21.8. The number of rotatable bonds is 59. The number of ether oxygens (including phenoxy) is 1. The fourth-order valence-electron chi connectivity index (χ4n) is 9.99. The van der Waals surface area contributed by atoms with Gasteiger partial charge >= 0.3 is 5.97 Å². The molecule has 0 aliphatic carbocycles. The van der Waals surface area contributed by atoms with Crippen molar-refractivity contribution in [3.8, 4) is 0 Å². The van der Waals surface area contributed by atoms with E-state index in [1.165, 1.54) is 289 Å². The van der Waals surface area contributed by atoms with Crippen molar-refractivity contribution in [1.29, 1.82) is 0 Å². The first-order valence-electron chi connectivity index (χ1n) is 31.5. The third-order valence-electron chi connectivity index (χ3n) is 14.8. The molecule has 69 heavy (non-hydrogen) atoms. The molecule has 0 spiro atoms.